The number of hydrogen-bond acceptors (Lipinski definition) is 4. The van der Waals surface area contributed by atoms with Crippen LogP contribution in [0.15, 0.2) is 0 Å². The lowest BCUT2D eigenvalue weighted by atomic mass is 10.2. The van der Waals surface area contributed by atoms with Gasteiger partial charge in [0.15, 0.2) is 0 Å². The molecule has 7 heteroatoms. The predicted molar refractivity (Wildman–Crippen MR) is 81.9 cm³/mol. The maximum Gasteiger partial charge on any atom is 0.409 e. The Kier molecular flexibility index (Phi) is 6.19. The topological polar surface area (TPSA) is 75.7 Å². The van der Waals surface area contributed by atoms with Crippen molar-refractivity contribution in [2.24, 2.45) is 0 Å². The molecule has 1 N–H and O–H groups in total. The third-order valence-corrected chi connectivity index (χ3v) is 3.90. The van der Waals surface area contributed by atoms with Crippen LogP contribution in [0.25, 0.3) is 0 Å². The number of likely N-dealkylation sites (tertiary alicyclic amines) is 1. The van der Waals surface area contributed by atoms with Gasteiger partial charge in [-0.05, 0) is 27.2 Å². The van der Waals surface area contributed by atoms with E-state index in [4.69, 9.17) is 4.74 Å². The molecule has 0 aromatic heterocycles. The van der Waals surface area contributed by atoms with Gasteiger partial charge in [-0.15, -0.1) is 0 Å². The Morgan fingerprint density at radius 3 is 2.29 bits per heavy atom. The standard InChI is InChI=1S/C14H23BrN2O4/c1-5-6-9(15)12(16-13(20)21-14(2,3)4)17-10(18)7-8-11(17)19/h9,12H,5-8H2,1-4H3,(H,16,20)/t9-,12+/m0/s1. The fourth-order valence-electron chi connectivity index (χ4n) is 2.08. The molecule has 21 heavy (non-hydrogen) atoms. The SMILES string of the molecule is CCC[C@H](Br)[C@H](NC(=O)OC(C)(C)C)N1C(=O)CCC1=O. The second-order valence-electron chi connectivity index (χ2n) is 6.05. The molecular weight excluding hydrogens is 340 g/mol. The molecule has 1 saturated heterocycles. The zero-order valence-corrected chi connectivity index (χ0v) is 14.5. The van der Waals surface area contributed by atoms with E-state index in [9.17, 15) is 14.4 Å². The van der Waals surface area contributed by atoms with Crippen molar-refractivity contribution in [1.29, 1.82) is 0 Å². The molecule has 0 aliphatic carbocycles. The van der Waals surface area contributed by atoms with Crippen molar-refractivity contribution in [3.8, 4) is 0 Å². The summed E-state index contributed by atoms with van der Waals surface area (Å²) in [6, 6.07) is 0. The third kappa shape index (κ3) is 5.30. The molecule has 1 fully saturated rings. The molecule has 0 spiro atoms. The molecule has 0 aromatic rings. The van der Waals surface area contributed by atoms with Crippen molar-refractivity contribution in [3.05, 3.63) is 0 Å². The maximum absolute atomic E-state index is 11.9. The molecular formula is C14H23BrN2O4. The van der Waals surface area contributed by atoms with Crippen molar-refractivity contribution in [2.45, 2.75) is 70.0 Å². The minimum atomic E-state index is -0.720. The lowest BCUT2D eigenvalue weighted by Gasteiger charge is -2.31. The molecule has 2 atom stereocenters. The molecule has 1 heterocycles. The van der Waals surface area contributed by atoms with Gasteiger partial charge >= 0.3 is 6.09 Å². The zero-order chi connectivity index (χ0) is 16.2. The highest BCUT2D eigenvalue weighted by Crippen LogP contribution is 2.23. The maximum atomic E-state index is 11.9. The van der Waals surface area contributed by atoms with Gasteiger partial charge in [-0.2, -0.15) is 0 Å². The van der Waals surface area contributed by atoms with Gasteiger partial charge < -0.3 is 4.74 Å². The molecule has 0 saturated carbocycles. The van der Waals surface area contributed by atoms with Crippen LogP contribution in [0.4, 0.5) is 4.79 Å². The first kappa shape index (κ1) is 17.9. The summed E-state index contributed by atoms with van der Waals surface area (Å²) in [5.74, 6) is -0.525. The van der Waals surface area contributed by atoms with Crippen molar-refractivity contribution < 1.29 is 19.1 Å². The summed E-state index contributed by atoms with van der Waals surface area (Å²) in [5.41, 5.74) is -0.639. The van der Waals surface area contributed by atoms with Crippen molar-refractivity contribution in [3.63, 3.8) is 0 Å². The van der Waals surface area contributed by atoms with Crippen LogP contribution in [0.5, 0.6) is 0 Å². The van der Waals surface area contributed by atoms with Crippen LogP contribution in [0.2, 0.25) is 0 Å². The van der Waals surface area contributed by atoms with Gasteiger partial charge in [0.05, 0.1) is 4.83 Å². The molecule has 0 aromatic carbocycles. The molecule has 1 aliphatic heterocycles. The van der Waals surface area contributed by atoms with Gasteiger partial charge in [0.2, 0.25) is 11.8 Å². The average molecular weight is 363 g/mol. The Hall–Kier alpha value is -1.11. The van der Waals surface area contributed by atoms with Gasteiger partial charge in [-0.25, -0.2) is 4.79 Å². The lowest BCUT2D eigenvalue weighted by Crippen LogP contribution is -2.55. The van der Waals surface area contributed by atoms with E-state index in [0.29, 0.717) is 0 Å². The van der Waals surface area contributed by atoms with Gasteiger partial charge in [-0.1, -0.05) is 29.3 Å². The van der Waals surface area contributed by atoms with E-state index < -0.39 is 17.9 Å². The van der Waals surface area contributed by atoms with Crippen molar-refractivity contribution >= 4 is 33.8 Å². The van der Waals surface area contributed by atoms with Crippen molar-refractivity contribution in [1.82, 2.24) is 10.2 Å². The molecule has 1 rings (SSSR count). The molecule has 3 amide bonds. The largest absolute Gasteiger partial charge is 0.444 e. The number of carbonyl (C=O) groups excluding carboxylic acids is 3. The van der Waals surface area contributed by atoms with Gasteiger partial charge in [-0.3, -0.25) is 19.8 Å². The summed E-state index contributed by atoms with van der Waals surface area (Å²) in [7, 11) is 0. The van der Waals surface area contributed by atoms with E-state index in [-0.39, 0.29) is 29.5 Å². The molecule has 0 radical (unpaired) electrons. The van der Waals surface area contributed by atoms with Crippen LogP contribution in [0, 0.1) is 0 Å². The van der Waals surface area contributed by atoms with Crippen LogP contribution in [0.1, 0.15) is 53.4 Å². The van der Waals surface area contributed by atoms with Crippen LogP contribution in [0.3, 0.4) is 0 Å². The highest BCUT2D eigenvalue weighted by atomic mass is 79.9. The second-order valence-corrected chi connectivity index (χ2v) is 7.23. The normalized spacial score (nSPS) is 18.6. The highest BCUT2D eigenvalue weighted by molar-refractivity contribution is 9.09. The summed E-state index contributed by atoms with van der Waals surface area (Å²) < 4.78 is 5.21. The fraction of sp³-hybridized carbons (Fsp3) is 0.786. The number of ether oxygens (including phenoxy) is 1. The number of alkyl halides is 1. The lowest BCUT2D eigenvalue weighted by molar-refractivity contribution is -0.141. The predicted octanol–water partition coefficient (Wildman–Crippen LogP) is 2.55. The molecule has 6 nitrogen and oxygen atoms in total. The number of hydrogen-bond donors (Lipinski definition) is 1. The highest BCUT2D eigenvalue weighted by Gasteiger charge is 2.39. The Bertz CT molecular complexity index is 404. The minimum absolute atomic E-state index is 0.192. The van der Waals surface area contributed by atoms with E-state index in [1.165, 1.54) is 0 Å². The summed E-state index contributed by atoms with van der Waals surface area (Å²) in [4.78, 5) is 36.7. The molecule has 0 unspecified atom stereocenters. The number of nitrogens with zero attached hydrogens (tertiary/aromatic N) is 1. The fourth-order valence-corrected chi connectivity index (χ4v) is 2.91. The first-order valence-corrected chi connectivity index (χ1v) is 8.05. The number of nitrogens with one attached hydrogen (secondary N) is 1. The minimum Gasteiger partial charge on any atom is -0.444 e. The smallest absolute Gasteiger partial charge is 0.409 e. The summed E-state index contributed by atoms with van der Waals surface area (Å²) >= 11 is 3.46. The first-order valence-electron chi connectivity index (χ1n) is 7.14. The molecule has 1 aliphatic rings. The Morgan fingerprint density at radius 2 is 1.86 bits per heavy atom. The first-order chi connectivity index (χ1) is 9.65. The van der Waals surface area contributed by atoms with Crippen LogP contribution < -0.4 is 5.32 Å². The van der Waals surface area contributed by atoms with E-state index >= 15 is 0 Å². The Labute approximate surface area is 133 Å². The number of amides is 3. The number of alkyl carbamates (subject to hydrolysis) is 1. The second kappa shape index (κ2) is 7.24. The molecule has 120 valence electrons. The average Bonchev–Trinajstić information content (AvgIpc) is 2.64. The zero-order valence-electron chi connectivity index (χ0n) is 12.9. The van der Waals surface area contributed by atoms with Gasteiger partial charge in [0.1, 0.15) is 11.8 Å². The quantitative estimate of drug-likeness (QED) is 0.602. The van der Waals surface area contributed by atoms with E-state index in [0.717, 1.165) is 17.7 Å². The van der Waals surface area contributed by atoms with E-state index in [1.54, 1.807) is 20.8 Å². The van der Waals surface area contributed by atoms with Crippen LogP contribution >= 0.6 is 15.9 Å². The van der Waals surface area contributed by atoms with Crippen LogP contribution in [-0.2, 0) is 14.3 Å². The van der Waals surface area contributed by atoms with E-state index in [1.807, 2.05) is 6.92 Å². The monoisotopic (exact) mass is 362 g/mol. The van der Waals surface area contributed by atoms with Crippen molar-refractivity contribution in [2.75, 3.05) is 0 Å². The molecule has 0 bridgehead atoms. The summed E-state index contributed by atoms with van der Waals surface area (Å²) in [6.45, 7) is 7.26. The Morgan fingerprint density at radius 1 is 1.33 bits per heavy atom. The van der Waals surface area contributed by atoms with Gasteiger partial charge in [0.25, 0.3) is 0 Å². The number of imide groups is 1. The summed E-state index contributed by atoms with van der Waals surface area (Å²) in [6.07, 6.45) is 0.604. The Balaban J connectivity index is 2.85. The number of halogens is 1. The third-order valence-electron chi connectivity index (χ3n) is 2.94. The summed E-state index contributed by atoms with van der Waals surface area (Å²) in [5, 5.41) is 2.64. The van der Waals surface area contributed by atoms with E-state index in [2.05, 4.69) is 21.2 Å². The van der Waals surface area contributed by atoms with Crippen LogP contribution in [-0.4, -0.2) is 39.4 Å². The van der Waals surface area contributed by atoms with Gasteiger partial charge in [0, 0.05) is 12.8 Å². The number of carbonyl (C=O) groups is 3. The number of rotatable bonds is 5.